The molecule has 0 aliphatic carbocycles. The second kappa shape index (κ2) is 4.25. The largest absolute Gasteiger partial charge is 0.351 e. The van der Waals surface area contributed by atoms with Gasteiger partial charge in [-0.15, -0.1) is 0 Å². The molecule has 0 amide bonds. The van der Waals surface area contributed by atoms with Crippen molar-refractivity contribution in [1.29, 1.82) is 0 Å². The number of anilines is 1. The van der Waals surface area contributed by atoms with Crippen molar-refractivity contribution in [1.82, 2.24) is 4.98 Å². The summed E-state index contributed by atoms with van der Waals surface area (Å²) < 4.78 is 0. The van der Waals surface area contributed by atoms with Gasteiger partial charge in [0.15, 0.2) is 0 Å². The van der Waals surface area contributed by atoms with E-state index in [0.717, 1.165) is 25.9 Å². The van der Waals surface area contributed by atoms with Crippen LogP contribution in [-0.4, -0.2) is 23.0 Å². The summed E-state index contributed by atoms with van der Waals surface area (Å²) in [7, 11) is 0. The molecule has 86 valence electrons. The number of pyridine rings is 1. The number of hydrogen-bond donors (Lipinski definition) is 0. The fourth-order valence-corrected chi connectivity index (χ4v) is 2.23. The quantitative estimate of drug-likeness (QED) is 0.454. The van der Waals surface area contributed by atoms with E-state index in [1.807, 2.05) is 4.90 Å². The van der Waals surface area contributed by atoms with Crippen LogP contribution in [-0.2, 0) is 0 Å². The second-order valence-corrected chi connectivity index (χ2v) is 4.27. The third-order valence-electron chi connectivity index (χ3n) is 2.72. The van der Waals surface area contributed by atoms with Crippen molar-refractivity contribution in [3.05, 3.63) is 26.9 Å². The lowest BCUT2D eigenvalue weighted by molar-refractivity contribution is -0.384. The highest BCUT2D eigenvalue weighted by Crippen LogP contribution is 2.33. The van der Waals surface area contributed by atoms with Gasteiger partial charge >= 0.3 is 5.69 Å². The van der Waals surface area contributed by atoms with Crippen molar-refractivity contribution in [2.45, 2.75) is 19.8 Å². The van der Waals surface area contributed by atoms with Crippen LogP contribution < -0.4 is 4.90 Å². The van der Waals surface area contributed by atoms with Crippen LogP contribution in [0.3, 0.4) is 0 Å². The first kappa shape index (κ1) is 11.1. The van der Waals surface area contributed by atoms with Gasteiger partial charge in [0, 0.05) is 18.7 Å². The van der Waals surface area contributed by atoms with Gasteiger partial charge in [-0.25, -0.2) is 4.98 Å². The molecule has 1 fully saturated rings. The van der Waals surface area contributed by atoms with E-state index in [2.05, 4.69) is 4.98 Å². The summed E-state index contributed by atoms with van der Waals surface area (Å²) in [6.45, 7) is 3.31. The van der Waals surface area contributed by atoms with Crippen molar-refractivity contribution in [2.75, 3.05) is 18.0 Å². The monoisotopic (exact) mass is 241 g/mol. The summed E-state index contributed by atoms with van der Waals surface area (Å²) in [6, 6.07) is 1.53. The van der Waals surface area contributed by atoms with E-state index in [-0.39, 0.29) is 10.6 Å². The summed E-state index contributed by atoms with van der Waals surface area (Å²) >= 11 is 5.84. The van der Waals surface area contributed by atoms with Crippen molar-refractivity contribution in [2.24, 2.45) is 0 Å². The highest BCUT2D eigenvalue weighted by molar-refractivity contribution is 6.29. The maximum absolute atomic E-state index is 11.0. The number of aryl methyl sites for hydroxylation is 1. The van der Waals surface area contributed by atoms with Crippen LogP contribution in [0.15, 0.2) is 6.07 Å². The minimum atomic E-state index is -0.383. The Kier molecular flexibility index (Phi) is 2.96. The van der Waals surface area contributed by atoms with Gasteiger partial charge in [0.05, 0.1) is 4.92 Å². The predicted molar refractivity (Wildman–Crippen MR) is 62.1 cm³/mol. The number of halogens is 1. The van der Waals surface area contributed by atoms with Crippen LogP contribution >= 0.6 is 11.6 Å². The molecule has 0 unspecified atom stereocenters. The van der Waals surface area contributed by atoms with Gasteiger partial charge in [-0.1, -0.05) is 11.6 Å². The van der Waals surface area contributed by atoms with Crippen LogP contribution in [0.4, 0.5) is 11.5 Å². The minimum Gasteiger partial charge on any atom is -0.351 e. The molecule has 2 rings (SSSR count). The Morgan fingerprint density at radius 2 is 2.12 bits per heavy atom. The normalized spacial score (nSPS) is 15.5. The molecule has 0 bridgehead atoms. The molecule has 0 spiro atoms. The molecule has 1 aliphatic rings. The molecular weight excluding hydrogens is 230 g/mol. The first-order chi connectivity index (χ1) is 7.59. The maximum atomic E-state index is 11.0. The number of aromatic nitrogens is 1. The van der Waals surface area contributed by atoms with Gasteiger partial charge in [-0.2, -0.15) is 0 Å². The highest BCUT2D eigenvalue weighted by atomic mass is 35.5. The molecule has 1 saturated heterocycles. The van der Waals surface area contributed by atoms with E-state index in [4.69, 9.17) is 11.6 Å². The predicted octanol–water partition coefficient (Wildman–Crippen LogP) is 2.55. The minimum absolute atomic E-state index is 0.0753. The third kappa shape index (κ3) is 1.95. The second-order valence-electron chi connectivity index (χ2n) is 3.89. The molecule has 0 saturated carbocycles. The van der Waals surface area contributed by atoms with E-state index >= 15 is 0 Å². The lowest BCUT2D eigenvalue weighted by Gasteiger charge is -2.17. The molecular formula is C10H12ClN3O2. The van der Waals surface area contributed by atoms with Gasteiger partial charge in [0.25, 0.3) is 0 Å². The van der Waals surface area contributed by atoms with Crippen LogP contribution in [0, 0.1) is 17.0 Å². The van der Waals surface area contributed by atoms with Gasteiger partial charge in [-0.3, -0.25) is 10.1 Å². The summed E-state index contributed by atoms with van der Waals surface area (Å²) in [5.41, 5.74) is 0.637. The Bertz CT molecular complexity index is 430. The summed E-state index contributed by atoms with van der Waals surface area (Å²) in [6.07, 6.45) is 2.09. The Balaban J connectivity index is 2.52. The summed E-state index contributed by atoms with van der Waals surface area (Å²) in [4.78, 5) is 16.6. The number of rotatable bonds is 2. The molecule has 0 radical (unpaired) electrons. The molecule has 1 aromatic heterocycles. The molecule has 0 atom stereocenters. The molecule has 6 heteroatoms. The maximum Gasteiger partial charge on any atom is 0.314 e. The lowest BCUT2D eigenvalue weighted by Crippen LogP contribution is -2.20. The number of hydrogen-bond acceptors (Lipinski definition) is 4. The fraction of sp³-hybridized carbons (Fsp3) is 0.500. The number of nitro groups is 1. The third-order valence-corrected chi connectivity index (χ3v) is 2.92. The Hall–Kier alpha value is -1.36. The Morgan fingerprint density at radius 1 is 1.50 bits per heavy atom. The molecule has 5 nitrogen and oxygen atoms in total. The Labute approximate surface area is 98.2 Å². The zero-order chi connectivity index (χ0) is 11.7. The zero-order valence-electron chi connectivity index (χ0n) is 8.94. The van der Waals surface area contributed by atoms with Gasteiger partial charge < -0.3 is 4.90 Å². The van der Waals surface area contributed by atoms with E-state index < -0.39 is 0 Å². The first-order valence-corrected chi connectivity index (χ1v) is 5.54. The summed E-state index contributed by atoms with van der Waals surface area (Å²) in [5.74, 6) is 0.410. The SMILES string of the molecule is Cc1cc(Cl)nc(N2CCCC2)c1[N+](=O)[O-]. The van der Waals surface area contributed by atoms with Crippen LogP contribution in [0.2, 0.25) is 5.15 Å². The standard InChI is InChI=1S/C10H12ClN3O2/c1-7-6-8(11)12-10(9(7)14(15)16)13-4-2-3-5-13/h6H,2-5H2,1H3. The van der Waals surface area contributed by atoms with Crippen molar-refractivity contribution in [3.8, 4) is 0 Å². The molecule has 16 heavy (non-hydrogen) atoms. The van der Waals surface area contributed by atoms with Crippen LogP contribution in [0.25, 0.3) is 0 Å². The molecule has 1 aromatic rings. The van der Waals surface area contributed by atoms with Gasteiger partial charge in [0.2, 0.25) is 5.82 Å². The molecule has 1 aliphatic heterocycles. The van der Waals surface area contributed by atoms with E-state index in [1.54, 1.807) is 6.92 Å². The van der Waals surface area contributed by atoms with Gasteiger partial charge in [-0.05, 0) is 25.8 Å². The van der Waals surface area contributed by atoms with Crippen molar-refractivity contribution < 1.29 is 4.92 Å². The van der Waals surface area contributed by atoms with E-state index in [9.17, 15) is 10.1 Å². The van der Waals surface area contributed by atoms with Gasteiger partial charge in [0.1, 0.15) is 5.15 Å². The zero-order valence-corrected chi connectivity index (χ0v) is 9.70. The highest BCUT2D eigenvalue weighted by Gasteiger charge is 2.26. The van der Waals surface area contributed by atoms with Crippen molar-refractivity contribution in [3.63, 3.8) is 0 Å². The van der Waals surface area contributed by atoms with Crippen LogP contribution in [0.1, 0.15) is 18.4 Å². The number of nitrogens with zero attached hydrogens (tertiary/aromatic N) is 3. The summed E-state index contributed by atoms with van der Waals surface area (Å²) in [5, 5.41) is 11.3. The average Bonchev–Trinajstić information content (AvgIpc) is 2.67. The fourth-order valence-electron chi connectivity index (χ4n) is 1.98. The molecule has 0 aromatic carbocycles. The smallest absolute Gasteiger partial charge is 0.314 e. The van der Waals surface area contributed by atoms with Crippen molar-refractivity contribution >= 4 is 23.1 Å². The van der Waals surface area contributed by atoms with E-state index in [1.165, 1.54) is 6.07 Å². The lowest BCUT2D eigenvalue weighted by atomic mass is 10.2. The topological polar surface area (TPSA) is 59.3 Å². The molecule has 0 N–H and O–H groups in total. The Morgan fingerprint density at radius 3 is 2.69 bits per heavy atom. The average molecular weight is 242 g/mol. The molecule has 2 heterocycles. The first-order valence-electron chi connectivity index (χ1n) is 5.16. The van der Waals surface area contributed by atoms with E-state index in [0.29, 0.717) is 16.5 Å². The van der Waals surface area contributed by atoms with Crippen LogP contribution in [0.5, 0.6) is 0 Å².